The maximum Gasteiger partial charge on any atom is 0.316 e. The number of nitrogens with zero attached hydrogens (tertiary/aromatic N) is 2. The van der Waals surface area contributed by atoms with Crippen molar-refractivity contribution in [2.75, 3.05) is 18.2 Å². The Morgan fingerprint density at radius 1 is 1.23 bits per heavy atom. The summed E-state index contributed by atoms with van der Waals surface area (Å²) in [5.74, 6) is 1.99. The minimum absolute atomic E-state index is 0.0274. The molecule has 0 N–H and O–H groups in total. The number of ether oxygens (including phenoxy) is 1. The van der Waals surface area contributed by atoms with Crippen LogP contribution in [-0.2, 0) is 16.1 Å². The molecule has 2 fully saturated rings. The van der Waals surface area contributed by atoms with Crippen LogP contribution in [0.4, 0.5) is 0 Å². The number of rotatable bonds is 3. The standard InChI is InChI=1S/C25H25ClN2O2S/c1-3-30-24(29)25-13-27-19-7-5-4-6-18(19)15(2)22(27)23(25)28-14-31-12-20(28)21(25)16-8-10-17(26)11-9-16/h4-11,20-21,23H,3,12-14H2,1-2H3/t20?,21-,23-,25?/m0/s1. The number of hydrogen-bond donors (Lipinski definition) is 0. The molecule has 31 heavy (non-hydrogen) atoms. The molecule has 2 aromatic carbocycles. The molecule has 3 aliphatic rings. The third-order valence-corrected chi connectivity index (χ3v) is 8.86. The van der Waals surface area contributed by atoms with Crippen LogP contribution in [0.5, 0.6) is 0 Å². The van der Waals surface area contributed by atoms with Gasteiger partial charge in [-0.25, -0.2) is 0 Å². The van der Waals surface area contributed by atoms with Crippen LogP contribution in [0.2, 0.25) is 5.02 Å². The van der Waals surface area contributed by atoms with E-state index in [4.69, 9.17) is 16.3 Å². The lowest BCUT2D eigenvalue weighted by Gasteiger charge is -2.34. The summed E-state index contributed by atoms with van der Waals surface area (Å²) >= 11 is 8.19. The number of esters is 1. The molecule has 4 heterocycles. The fourth-order valence-corrected chi connectivity index (χ4v) is 7.87. The van der Waals surface area contributed by atoms with Crippen molar-refractivity contribution >= 4 is 40.2 Å². The summed E-state index contributed by atoms with van der Waals surface area (Å²) in [6.45, 7) is 5.17. The fourth-order valence-electron chi connectivity index (χ4n) is 6.46. The average molecular weight is 453 g/mol. The molecule has 0 amide bonds. The maximum absolute atomic E-state index is 13.8. The van der Waals surface area contributed by atoms with Gasteiger partial charge in [0.15, 0.2) is 0 Å². The van der Waals surface area contributed by atoms with Crippen LogP contribution in [-0.4, -0.2) is 39.7 Å². The Morgan fingerprint density at radius 3 is 2.77 bits per heavy atom. The number of halogens is 1. The summed E-state index contributed by atoms with van der Waals surface area (Å²) in [6.07, 6.45) is 0. The highest BCUT2D eigenvalue weighted by Crippen LogP contribution is 2.66. The highest BCUT2D eigenvalue weighted by Gasteiger charge is 2.69. The first-order valence-corrected chi connectivity index (χ1v) is 12.4. The summed E-state index contributed by atoms with van der Waals surface area (Å²) in [7, 11) is 0. The van der Waals surface area contributed by atoms with Crippen LogP contribution in [0.1, 0.15) is 35.7 Å². The second kappa shape index (κ2) is 7.03. The van der Waals surface area contributed by atoms with Crippen molar-refractivity contribution in [1.29, 1.82) is 0 Å². The first kappa shape index (κ1) is 19.7. The van der Waals surface area contributed by atoms with Gasteiger partial charge < -0.3 is 9.30 Å². The molecule has 3 aromatic rings. The number of carbonyl (C=O) groups is 1. The van der Waals surface area contributed by atoms with Crippen LogP contribution >= 0.6 is 23.4 Å². The molecule has 0 saturated carbocycles. The normalized spacial score (nSPS) is 29.2. The Morgan fingerprint density at radius 2 is 2.00 bits per heavy atom. The number of para-hydroxylation sites is 1. The number of carbonyl (C=O) groups excluding carboxylic acids is 1. The van der Waals surface area contributed by atoms with E-state index in [-0.39, 0.29) is 17.9 Å². The van der Waals surface area contributed by atoms with E-state index in [1.54, 1.807) is 0 Å². The van der Waals surface area contributed by atoms with Crippen molar-refractivity contribution in [2.45, 2.75) is 38.4 Å². The van der Waals surface area contributed by atoms with Crippen LogP contribution < -0.4 is 0 Å². The molecule has 160 valence electrons. The number of benzene rings is 2. The second-order valence-corrected chi connectivity index (χ2v) is 10.3. The Bertz CT molecular complexity index is 1190. The molecule has 1 aromatic heterocycles. The zero-order chi connectivity index (χ0) is 21.3. The SMILES string of the molecule is CCOC(=O)C12Cn3c(c(C)c4ccccc43)[C@@H]1N1CSCC1[C@@H]2c1ccc(Cl)cc1. The topological polar surface area (TPSA) is 34.5 Å². The lowest BCUT2D eigenvalue weighted by molar-refractivity contribution is -0.158. The first-order chi connectivity index (χ1) is 15.1. The van der Waals surface area contributed by atoms with Crippen LogP contribution in [0.15, 0.2) is 48.5 Å². The Kier molecular flexibility index (Phi) is 4.47. The number of aryl methyl sites for hydroxylation is 1. The molecule has 2 saturated heterocycles. The second-order valence-electron chi connectivity index (χ2n) is 8.89. The van der Waals surface area contributed by atoms with Gasteiger partial charge in [-0.05, 0) is 43.2 Å². The van der Waals surface area contributed by atoms with E-state index in [1.807, 2.05) is 30.8 Å². The molecule has 0 radical (unpaired) electrons. The predicted octanol–water partition coefficient (Wildman–Crippen LogP) is 5.38. The molecule has 2 unspecified atom stereocenters. The third-order valence-electron chi connectivity index (χ3n) is 7.55. The largest absolute Gasteiger partial charge is 0.465 e. The van der Waals surface area contributed by atoms with E-state index in [2.05, 4.69) is 52.8 Å². The van der Waals surface area contributed by atoms with Crippen molar-refractivity contribution < 1.29 is 9.53 Å². The van der Waals surface area contributed by atoms with Crippen molar-refractivity contribution in [3.8, 4) is 0 Å². The van der Waals surface area contributed by atoms with Gasteiger partial charge in [-0.3, -0.25) is 9.69 Å². The molecular formula is C25H25ClN2O2S. The van der Waals surface area contributed by atoms with Crippen LogP contribution in [0.3, 0.4) is 0 Å². The maximum atomic E-state index is 13.8. The summed E-state index contributed by atoms with van der Waals surface area (Å²) in [4.78, 5) is 16.4. The quantitative estimate of drug-likeness (QED) is 0.500. The van der Waals surface area contributed by atoms with Gasteiger partial charge in [-0.1, -0.05) is 41.9 Å². The number of fused-ring (bicyclic) bond motifs is 7. The number of thioether (sulfide) groups is 1. The summed E-state index contributed by atoms with van der Waals surface area (Å²) in [5.41, 5.74) is 4.36. The first-order valence-electron chi connectivity index (χ1n) is 10.9. The lowest BCUT2D eigenvalue weighted by atomic mass is 9.68. The highest BCUT2D eigenvalue weighted by molar-refractivity contribution is 7.99. The molecule has 3 aliphatic heterocycles. The Labute approximate surface area is 191 Å². The van der Waals surface area contributed by atoms with Crippen molar-refractivity contribution in [3.05, 3.63) is 70.4 Å². The molecule has 6 heteroatoms. The van der Waals surface area contributed by atoms with Gasteiger partial charge in [-0.15, -0.1) is 11.8 Å². The van der Waals surface area contributed by atoms with Gasteiger partial charge in [0, 0.05) is 51.8 Å². The summed E-state index contributed by atoms with van der Waals surface area (Å²) in [6, 6.07) is 17.0. The van der Waals surface area contributed by atoms with Gasteiger partial charge >= 0.3 is 5.97 Å². The summed E-state index contributed by atoms with van der Waals surface area (Å²) in [5, 5.41) is 2.01. The lowest BCUT2D eigenvalue weighted by Crippen LogP contribution is -2.41. The van der Waals surface area contributed by atoms with E-state index in [1.165, 1.54) is 27.7 Å². The van der Waals surface area contributed by atoms with Gasteiger partial charge in [-0.2, -0.15) is 0 Å². The Balaban J connectivity index is 1.61. The van der Waals surface area contributed by atoms with Gasteiger partial charge in [0.2, 0.25) is 0 Å². The highest BCUT2D eigenvalue weighted by atomic mass is 35.5. The molecule has 0 spiro atoms. The van der Waals surface area contributed by atoms with Crippen LogP contribution in [0, 0.1) is 12.3 Å². The Hall–Kier alpha value is -1.95. The third kappa shape index (κ3) is 2.51. The van der Waals surface area contributed by atoms with E-state index >= 15 is 0 Å². The van der Waals surface area contributed by atoms with E-state index in [0.717, 1.165) is 16.7 Å². The van der Waals surface area contributed by atoms with Crippen molar-refractivity contribution in [2.24, 2.45) is 5.41 Å². The van der Waals surface area contributed by atoms with Gasteiger partial charge in [0.25, 0.3) is 0 Å². The number of hydrogen-bond acceptors (Lipinski definition) is 4. The molecular weight excluding hydrogens is 428 g/mol. The van der Waals surface area contributed by atoms with Crippen molar-refractivity contribution in [1.82, 2.24) is 9.47 Å². The minimum Gasteiger partial charge on any atom is -0.465 e. The predicted molar refractivity (Wildman–Crippen MR) is 126 cm³/mol. The fraction of sp³-hybridized carbons (Fsp3) is 0.400. The molecule has 4 nitrogen and oxygen atoms in total. The minimum atomic E-state index is -0.625. The van der Waals surface area contributed by atoms with E-state index in [9.17, 15) is 4.79 Å². The van der Waals surface area contributed by atoms with Gasteiger partial charge in [0.1, 0.15) is 5.41 Å². The average Bonchev–Trinajstić information content (AvgIpc) is 3.48. The smallest absolute Gasteiger partial charge is 0.316 e. The van der Waals surface area contributed by atoms with Crippen molar-refractivity contribution in [3.63, 3.8) is 0 Å². The molecule has 0 aliphatic carbocycles. The summed E-state index contributed by atoms with van der Waals surface area (Å²) < 4.78 is 8.21. The van der Waals surface area contributed by atoms with E-state index in [0.29, 0.717) is 19.2 Å². The number of aromatic nitrogens is 1. The molecule has 4 atom stereocenters. The molecule has 6 rings (SSSR count). The zero-order valence-corrected chi connectivity index (χ0v) is 19.2. The monoisotopic (exact) mass is 452 g/mol. The van der Waals surface area contributed by atoms with Crippen LogP contribution in [0.25, 0.3) is 10.9 Å². The van der Waals surface area contributed by atoms with Gasteiger partial charge in [0.05, 0.1) is 12.6 Å². The van der Waals surface area contributed by atoms with E-state index < -0.39 is 5.41 Å². The molecule has 0 bridgehead atoms. The zero-order valence-electron chi connectivity index (χ0n) is 17.7.